The van der Waals surface area contributed by atoms with Crippen LogP contribution in [0.15, 0.2) is 36.4 Å². The molecule has 5 nitrogen and oxygen atoms in total. The first-order valence-electron chi connectivity index (χ1n) is 6.73. The number of carboxylic acid groups (broad SMARTS) is 1. The third-order valence-electron chi connectivity index (χ3n) is 3.38. The molecule has 22 heavy (non-hydrogen) atoms. The maximum absolute atomic E-state index is 12.4. The van der Waals surface area contributed by atoms with E-state index < -0.39 is 5.97 Å². The second-order valence-corrected chi connectivity index (χ2v) is 4.94. The van der Waals surface area contributed by atoms with E-state index in [0.29, 0.717) is 22.6 Å². The Morgan fingerprint density at radius 3 is 2.41 bits per heavy atom. The molecule has 0 unspecified atom stereocenters. The fourth-order valence-electron chi connectivity index (χ4n) is 2.23. The van der Waals surface area contributed by atoms with Crippen LogP contribution in [0.3, 0.4) is 0 Å². The molecule has 0 bridgehead atoms. The lowest BCUT2D eigenvalue weighted by Crippen LogP contribution is -2.14. The zero-order valence-electron chi connectivity index (χ0n) is 12.6. The summed E-state index contributed by atoms with van der Waals surface area (Å²) >= 11 is 0. The molecule has 114 valence electrons. The summed E-state index contributed by atoms with van der Waals surface area (Å²) in [5.74, 6) is -0.770. The molecule has 0 aliphatic carbocycles. The van der Waals surface area contributed by atoms with Crippen molar-refractivity contribution in [3.8, 4) is 5.75 Å². The van der Waals surface area contributed by atoms with E-state index in [9.17, 15) is 9.59 Å². The Hall–Kier alpha value is -2.82. The first kappa shape index (κ1) is 15.6. The smallest absolute Gasteiger partial charge is 0.335 e. The summed E-state index contributed by atoms with van der Waals surface area (Å²) < 4.78 is 5.28. The van der Waals surface area contributed by atoms with Gasteiger partial charge in [0.15, 0.2) is 0 Å². The lowest BCUT2D eigenvalue weighted by atomic mass is 10.1. The predicted molar refractivity (Wildman–Crippen MR) is 83.8 cm³/mol. The van der Waals surface area contributed by atoms with Gasteiger partial charge in [0, 0.05) is 5.69 Å². The van der Waals surface area contributed by atoms with Crippen LogP contribution >= 0.6 is 0 Å². The molecule has 5 heteroatoms. The minimum Gasteiger partial charge on any atom is -0.496 e. The van der Waals surface area contributed by atoms with Gasteiger partial charge in [-0.15, -0.1) is 0 Å². The van der Waals surface area contributed by atoms with Crippen molar-refractivity contribution in [2.45, 2.75) is 13.8 Å². The number of carbonyl (C=O) groups excluding carboxylic acids is 1. The quantitative estimate of drug-likeness (QED) is 0.908. The Bertz CT molecular complexity index is 737. The van der Waals surface area contributed by atoms with Gasteiger partial charge >= 0.3 is 5.97 Å². The second-order valence-electron chi connectivity index (χ2n) is 4.94. The molecule has 0 fully saturated rings. The first-order chi connectivity index (χ1) is 10.4. The Labute approximate surface area is 128 Å². The fraction of sp³-hybridized carbons (Fsp3) is 0.176. The van der Waals surface area contributed by atoms with Crippen LogP contribution in [0.1, 0.15) is 31.8 Å². The molecule has 0 atom stereocenters. The SMILES string of the molecule is COc1c(C)cccc1C(=O)Nc1ccc(C(=O)O)cc1C. The molecule has 2 aromatic rings. The third kappa shape index (κ3) is 3.09. The van der Waals surface area contributed by atoms with Crippen molar-refractivity contribution in [1.29, 1.82) is 0 Å². The molecular formula is C17H17NO4. The van der Waals surface area contributed by atoms with Crippen LogP contribution in [0.25, 0.3) is 0 Å². The van der Waals surface area contributed by atoms with E-state index in [1.807, 2.05) is 13.0 Å². The number of aryl methyl sites for hydroxylation is 2. The third-order valence-corrected chi connectivity index (χ3v) is 3.38. The van der Waals surface area contributed by atoms with Crippen LogP contribution in [0.2, 0.25) is 0 Å². The molecule has 0 saturated carbocycles. The molecule has 1 amide bonds. The number of nitrogens with one attached hydrogen (secondary N) is 1. The van der Waals surface area contributed by atoms with Crippen molar-refractivity contribution < 1.29 is 19.4 Å². The second kappa shape index (κ2) is 6.30. The number of para-hydroxylation sites is 1. The highest BCUT2D eigenvalue weighted by Crippen LogP contribution is 2.25. The summed E-state index contributed by atoms with van der Waals surface area (Å²) in [5.41, 5.74) is 2.74. The zero-order chi connectivity index (χ0) is 16.3. The van der Waals surface area contributed by atoms with Gasteiger partial charge in [0.25, 0.3) is 5.91 Å². The average Bonchev–Trinajstić information content (AvgIpc) is 2.48. The maximum atomic E-state index is 12.4. The lowest BCUT2D eigenvalue weighted by Gasteiger charge is -2.13. The van der Waals surface area contributed by atoms with E-state index in [2.05, 4.69) is 5.32 Å². The number of benzene rings is 2. The van der Waals surface area contributed by atoms with E-state index in [1.54, 1.807) is 25.1 Å². The van der Waals surface area contributed by atoms with E-state index >= 15 is 0 Å². The molecular weight excluding hydrogens is 282 g/mol. The zero-order valence-corrected chi connectivity index (χ0v) is 12.6. The maximum Gasteiger partial charge on any atom is 0.335 e. The van der Waals surface area contributed by atoms with Crippen molar-refractivity contribution in [2.24, 2.45) is 0 Å². The number of methoxy groups -OCH3 is 1. The van der Waals surface area contributed by atoms with Crippen LogP contribution in [-0.2, 0) is 0 Å². The summed E-state index contributed by atoms with van der Waals surface area (Å²) in [6.07, 6.45) is 0. The Kier molecular flexibility index (Phi) is 4.46. The topological polar surface area (TPSA) is 75.6 Å². The van der Waals surface area contributed by atoms with Gasteiger partial charge in [-0.05, 0) is 49.2 Å². The standard InChI is InChI=1S/C17H17NO4/c1-10-5-4-6-13(15(10)22-3)16(19)18-14-8-7-12(17(20)21)9-11(14)2/h4-9H,1-3H3,(H,18,19)(H,20,21). The van der Waals surface area contributed by atoms with E-state index in [1.165, 1.54) is 19.2 Å². The molecule has 0 spiro atoms. The summed E-state index contributed by atoms with van der Waals surface area (Å²) in [4.78, 5) is 23.3. The predicted octanol–water partition coefficient (Wildman–Crippen LogP) is 3.26. The van der Waals surface area contributed by atoms with Crippen LogP contribution in [0.4, 0.5) is 5.69 Å². The van der Waals surface area contributed by atoms with Crippen molar-refractivity contribution >= 4 is 17.6 Å². The highest BCUT2D eigenvalue weighted by molar-refractivity contribution is 6.07. The van der Waals surface area contributed by atoms with Gasteiger partial charge < -0.3 is 15.2 Å². The van der Waals surface area contributed by atoms with Crippen molar-refractivity contribution in [3.05, 3.63) is 58.7 Å². The minimum absolute atomic E-state index is 0.184. The number of aromatic carboxylic acids is 1. The summed E-state index contributed by atoms with van der Waals surface area (Å²) in [5, 5.41) is 11.7. The molecule has 0 radical (unpaired) electrons. The molecule has 0 aliphatic rings. The van der Waals surface area contributed by atoms with Crippen LogP contribution in [0.5, 0.6) is 5.75 Å². The van der Waals surface area contributed by atoms with Gasteiger partial charge in [0.05, 0.1) is 18.2 Å². The van der Waals surface area contributed by atoms with Gasteiger partial charge in [-0.3, -0.25) is 4.79 Å². The molecule has 2 rings (SSSR count). The Morgan fingerprint density at radius 2 is 1.82 bits per heavy atom. The number of rotatable bonds is 4. The van der Waals surface area contributed by atoms with E-state index in [-0.39, 0.29) is 11.5 Å². The molecule has 2 N–H and O–H groups in total. The van der Waals surface area contributed by atoms with Gasteiger partial charge in [-0.25, -0.2) is 4.79 Å². The van der Waals surface area contributed by atoms with Crippen LogP contribution in [0, 0.1) is 13.8 Å². The van der Waals surface area contributed by atoms with Gasteiger partial charge in [-0.1, -0.05) is 12.1 Å². The number of anilines is 1. The molecule has 2 aromatic carbocycles. The fourth-order valence-corrected chi connectivity index (χ4v) is 2.23. The van der Waals surface area contributed by atoms with Crippen molar-refractivity contribution in [2.75, 3.05) is 12.4 Å². The normalized spacial score (nSPS) is 10.1. The van der Waals surface area contributed by atoms with Crippen molar-refractivity contribution in [3.63, 3.8) is 0 Å². The first-order valence-corrected chi connectivity index (χ1v) is 6.73. The van der Waals surface area contributed by atoms with Gasteiger partial charge in [-0.2, -0.15) is 0 Å². The molecule has 0 aromatic heterocycles. The number of hydrogen-bond donors (Lipinski definition) is 2. The minimum atomic E-state index is -0.999. The largest absolute Gasteiger partial charge is 0.496 e. The van der Waals surface area contributed by atoms with Crippen LogP contribution < -0.4 is 10.1 Å². The summed E-state index contributed by atoms with van der Waals surface area (Å²) in [7, 11) is 1.52. The number of carboxylic acids is 1. The summed E-state index contributed by atoms with van der Waals surface area (Å²) in [6.45, 7) is 3.61. The lowest BCUT2D eigenvalue weighted by molar-refractivity contribution is 0.0696. The van der Waals surface area contributed by atoms with Gasteiger partial charge in [0.2, 0.25) is 0 Å². The Balaban J connectivity index is 2.30. The van der Waals surface area contributed by atoms with Gasteiger partial charge in [0.1, 0.15) is 5.75 Å². The number of amides is 1. The van der Waals surface area contributed by atoms with E-state index in [0.717, 1.165) is 5.56 Å². The average molecular weight is 299 g/mol. The molecule has 0 aliphatic heterocycles. The summed E-state index contributed by atoms with van der Waals surface area (Å²) in [6, 6.07) is 9.89. The Morgan fingerprint density at radius 1 is 1.09 bits per heavy atom. The highest BCUT2D eigenvalue weighted by Gasteiger charge is 2.15. The monoisotopic (exact) mass is 299 g/mol. The number of ether oxygens (including phenoxy) is 1. The molecule has 0 saturated heterocycles. The number of hydrogen-bond acceptors (Lipinski definition) is 3. The molecule has 0 heterocycles. The number of carbonyl (C=O) groups is 2. The highest BCUT2D eigenvalue weighted by atomic mass is 16.5. The van der Waals surface area contributed by atoms with Crippen LogP contribution in [-0.4, -0.2) is 24.1 Å². The van der Waals surface area contributed by atoms with E-state index in [4.69, 9.17) is 9.84 Å². The van der Waals surface area contributed by atoms with Crippen molar-refractivity contribution in [1.82, 2.24) is 0 Å².